The molecule has 0 amide bonds. The van der Waals surface area contributed by atoms with Crippen molar-refractivity contribution in [2.75, 3.05) is 56.4 Å². The first-order chi connectivity index (χ1) is 9.92. The molecule has 0 saturated carbocycles. The van der Waals surface area contributed by atoms with Crippen LogP contribution in [0.2, 0.25) is 0 Å². The highest BCUT2D eigenvalue weighted by atomic mass is 32.2. The number of hydrogen-bond acceptors (Lipinski definition) is 5. The molecule has 2 rings (SSSR count). The average Bonchev–Trinajstić information content (AvgIpc) is 2.48. The Morgan fingerprint density at radius 3 is 2.38 bits per heavy atom. The fourth-order valence-electron chi connectivity index (χ4n) is 2.18. The molecule has 0 atom stereocenters. The molecule has 1 saturated heterocycles. The zero-order chi connectivity index (χ0) is 15.5. The lowest BCUT2D eigenvalue weighted by molar-refractivity contribution is 0.271. The van der Waals surface area contributed by atoms with Gasteiger partial charge in [-0.1, -0.05) is 6.92 Å². The van der Waals surface area contributed by atoms with Crippen LogP contribution in [0.5, 0.6) is 0 Å². The number of rotatable bonds is 5. The fourth-order valence-corrected chi connectivity index (χ4v) is 2.75. The number of likely N-dealkylation sites (N-methyl/N-ethyl adjacent to an activating group) is 1. The summed E-state index contributed by atoms with van der Waals surface area (Å²) in [6.45, 7) is 7.29. The number of hydrogen-bond donors (Lipinski definition) is 1. The van der Waals surface area contributed by atoms with Crippen LogP contribution in [0.15, 0.2) is 18.3 Å². The maximum Gasteiger partial charge on any atom is 0.302 e. The average molecular weight is 313 g/mol. The molecule has 1 fully saturated rings. The molecule has 0 aliphatic carbocycles. The van der Waals surface area contributed by atoms with Gasteiger partial charge in [0.2, 0.25) is 0 Å². The van der Waals surface area contributed by atoms with Crippen molar-refractivity contribution in [1.82, 2.24) is 14.2 Å². The molecule has 1 aliphatic rings. The zero-order valence-corrected chi connectivity index (χ0v) is 13.6. The topological polar surface area (TPSA) is 68.8 Å². The summed E-state index contributed by atoms with van der Waals surface area (Å²) < 4.78 is 27.0. The van der Waals surface area contributed by atoms with Crippen LogP contribution in [0, 0.1) is 0 Å². The quantitative estimate of drug-likeness (QED) is 0.854. The van der Waals surface area contributed by atoms with Crippen LogP contribution in [-0.4, -0.2) is 69.4 Å². The van der Waals surface area contributed by atoms with Gasteiger partial charge in [0.05, 0.1) is 11.9 Å². The summed E-state index contributed by atoms with van der Waals surface area (Å²) in [5.74, 6) is 0.333. The van der Waals surface area contributed by atoms with Crippen molar-refractivity contribution in [3.8, 4) is 0 Å². The molecule has 1 aromatic heterocycles. The molecule has 0 aromatic carbocycles. The van der Waals surface area contributed by atoms with Crippen molar-refractivity contribution in [3.05, 3.63) is 18.3 Å². The third-order valence-electron chi connectivity index (χ3n) is 3.65. The summed E-state index contributed by atoms with van der Waals surface area (Å²) in [5.41, 5.74) is 1.03. The van der Waals surface area contributed by atoms with E-state index in [4.69, 9.17) is 0 Å². The Morgan fingerprint density at radius 2 is 1.90 bits per heavy atom. The van der Waals surface area contributed by atoms with Gasteiger partial charge in [-0.2, -0.15) is 12.7 Å². The van der Waals surface area contributed by atoms with E-state index >= 15 is 0 Å². The minimum Gasteiger partial charge on any atom is -0.368 e. The highest BCUT2D eigenvalue weighted by Gasteiger charge is 2.17. The Balaban J connectivity index is 2.00. The number of aromatic nitrogens is 1. The first kappa shape index (κ1) is 16.0. The molecule has 21 heavy (non-hydrogen) atoms. The number of nitrogens with zero attached hydrogens (tertiary/aromatic N) is 4. The second kappa shape index (κ2) is 6.59. The van der Waals surface area contributed by atoms with Gasteiger partial charge >= 0.3 is 10.2 Å². The first-order valence-electron chi connectivity index (χ1n) is 7.06. The van der Waals surface area contributed by atoms with Gasteiger partial charge in [0.25, 0.3) is 0 Å². The van der Waals surface area contributed by atoms with Gasteiger partial charge in [0.1, 0.15) is 5.82 Å². The second-order valence-corrected chi connectivity index (χ2v) is 7.10. The maximum atomic E-state index is 11.7. The minimum absolute atomic E-state index is 0.333. The molecule has 2 heterocycles. The zero-order valence-electron chi connectivity index (χ0n) is 12.8. The van der Waals surface area contributed by atoms with Gasteiger partial charge in [-0.15, -0.1) is 0 Å². The van der Waals surface area contributed by atoms with E-state index in [9.17, 15) is 8.42 Å². The summed E-state index contributed by atoms with van der Waals surface area (Å²) in [7, 11) is -0.547. The van der Waals surface area contributed by atoms with E-state index in [1.54, 1.807) is 12.3 Å². The number of pyridine rings is 1. The Hall–Kier alpha value is -1.38. The Morgan fingerprint density at radius 1 is 1.24 bits per heavy atom. The van der Waals surface area contributed by atoms with Gasteiger partial charge in [-0.25, -0.2) is 4.98 Å². The SMILES string of the molecule is CCN1CCN(c2ccc(NS(=O)(=O)N(C)C)nc2)CC1. The minimum atomic E-state index is -3.50. The van der Waals surface area contributed by atoms with E-state index in [2.05, 4.69) is 26.4 Å². The predicted molar refractivity (Wildman–Crippen MR) is 84.8 cm³/mol. The molecule has 0 radical (unpaired) electrons. The van der Waals surface area contributed by atoms with E-state index in [0.29, 0.717) is 5.82 Å². The molecule has 1 aromatic rings. The lowest BCUT2D eigenvalue weighted by Crippen LogP contribution is -2.46. The third kappa shape index (κ3) is 4.05. The largest absolute Gasteiger partial charge is 0.368 e. The van der Waals surface area contributed by atoms with Crippen LogP contribution in [0.3, 0.4) is 0 Å². The van der Waals surface area contributed by atoms with Crippen LogP contribution < -0.4 is 9.62 Å². The van der Waals surface area contributed by atoms with E-state index in [-0.39, 0.29) is 0 Å². The highest BCUT2D eigenvalue weighted by Crippen LogP contribution is 2.17. The van der Waals surface area contributed by atoms with Gasteiger partial charge < -0.3 is 9.80 Å². The number of piperazine rings is 1. The Kier molecular flexibility index (Phi) is 5.02. The van der Waals surface area contributed by atoms with Crippen LogP contribution in [0.1, 0.15) is 6.92 Å². The van der Waals surface area contributed by atoms with Crippen molar-refractivity contribution in [2.45, 2.75) is 6.92 Å². The molecule has 1 N–H and O–H groups in total. The molecular formula is C13H23N5O2S. The van der Waals surface area contributed by atoms with Crippen LogP contribution in [-0.2, 0) is 10.2 Å². The van der Waals surface area contributed by atoms with Crippen molar-refractivity contribution in [1.29, 1.82) is 0 Å². The normalized spacial score (nSPS) is 17.2. The van der Waals surface area contributed by atoms with Crippen molar-refractivity contribution >= 4 is 21.7 Å². The lowest BCUT2D eigenvalue weighted by Gasteiger charge is -2.35. The van der Waals surface area contributed by atoms with Crippen molar-refractivity contribution in [3.63, 3.8) is 0 Å². The van der Waals surface area contributed by atoms with Gasteiger partial charge in [-0.05, 0) is 18.7 Å². The summed E-state index contributed by atoms with van der Waals surface area (Å²) in [6.07, 6.45) is 1.72. The van der Waals surface area contributed by atoms with Gasteiger partial charge in [-0.3, -0.25) is 4.72 Å². The van der Waals surface area contributed by atoms with Crippen molar-refractivity contribution in [2.24, 2.45) is 0 Å². The summed E-state index contributed by atoms with van der Waals surface area (Å²) in [6, 6.07) is 3.60. The van der Waals surface area contributed by atoms with Gasteiger partial charge in [0.15, 0.2) is 0 Å². The summed E-state index contributed by atoms with van der Waals surface area (Å²) in [4.78, 5) is 8.86. The van der Waals surface area contributed by atoms with E-state index in [1.807, 2.05) is 6.07 Å². The van der Waals surface area contributed by atoms with Crippen molar-refractivity contribution < 1.29 is 8.42 Å². The Labute approximate surface area is 126 Å². The predicted octanol–water partition coefficient (Wildman–Crippen LogP) is 0.442. The molecule has 0 spiro atoms. The molecule has 1 aliphatic heterocycles. The van der Waals surface area contributed by atoms with Crippen LogP contribution in [0.25, 0.3) is 0 Å². The standard InChI is InChI=1S/C13H23N5O2S/c1-4-17-7-9-18(10-8-17)12-5-6-13(14-11-12)15-21(19,20)16(2)3/h5-6,11H,4,7-10H2,1-3H3,(H,14,15). The monoisotopic (exact) mass is 313 g/mol. The molecular weight excluding hydrogens is 290 g/mol. The number of nitrogens with one attached hydrogen (secondary N) is 1. The van der Waals surface area contributed by atoms with Gasteiger partial charge in [0, 0.05) is 40.3 Å². The fraction of sp³-hybridized carbons (Fsp3) is 0.615. The molecule has 118 valence electrons. The first-order valence-corrected chi connectivity index (χ1v) is 8.50. The second-order valence-electron chi connectivity index (χ2n) is 5.21. The van der Waals surface area contributed by atoms with E-state index < -0.39 is 10.2 Å². The smallest absolute Gasteiger partial charge is 0.302 e. The van der Waals surface area contributed by atoms with Crippen LogP contribution >= 0.6 is 0 Å². The van der Waals surface area contributed by atoms with E-state index in [1.165, 1.54) is 14.1 Å². The molecule has 0 unspecified atom stereocenters. The highest BCUT2D eigenvalue weighted by molar-refractivity contribution is 7.90. The Bertz CT molecular complexity index is 550. The summed E-state index contributed by atoms with van der Waals surface area (Å²) >= 11 is 0. The summed E-state index contributed by atoms with van der Waals surface area (Å²) in [5, 5.41) is 0. The molecule has 7 nitrogen and oxygen atoms in total. The van der Waals surface area contributed by atoms with Crippen LogP contribution in [0.4, 0.5) is 11.5 Å². The van der Waals surface area contributed by atoms with E-state index in [0.717, 1.165) is 42.7 Å². The third-order valence-corrected chi connectivity index (χ3v) is 5.08. The molecule has 8 heteroatoms. The lowest BCUT2D eigenvalue weighted by atomic mass is 10.3. The maximum absolute atomic E-state index is 11.7. The number of anilines is 2. The molecule has 0 bridgehead atoms.